The highest BCUT2D eigenvalue weighted by Gasteiger charge is 2.13. The predicted molar refractivity (Wildman–Crippen MR) is 37.0 cm³/mol. The number of rotatable bonds is 0. The molecule has 0 spiro atoms. The molecule has 0 saturated heterocycles. The zero-order valence-electron chi connectivity index (χ0n) is 5.13. The molecule has 0 saturated carbocycles. The van der Waals surface area contributed by atoms with Gasteiger partial charge in [-0.2, -0.15) is 0 Å². The van der Waals surface area contributed by atoms with Crippen LogP contribution in [0.1, 0.15) is 6.42 Å². The van der Waals surface area contributed by atoms with Crippen molar-refractivity contribution in [3.63, 3.8) is 0 Å². The van der Waals surface area contributed by atoms with Crippen LogP contribution in [0.25, 0.3) is 0 Å². The van der Waals surface area contributed by atoms with Crippen molar-refractivity contribution in [2.45, 2.75) is 6.42 Å². The smallest absolute Gasteiger partial charge is 0.0887 e. The molecule has 0 amide bonds. The van der Waals surface area contributed by atoms with Crippen LogP contribution in [0.5, 0.6) is 0 Å². The summed E-state index contributed by atoms with van der Waals surface area (Å²) in [5.41, 5.74) is 0. The van der Waals surface area contributed by atoms with Gasteiger partial charge >= 0.3 is 0 Å². The third kappa shape index (κ3) is 1.48. The highest BCUT2D eigenvalue weighted by atomic mass is 31.2. The maximum absolute atomic E-state index is 11.2. The molecule has 1 heterocycles. The van der Waals surface area contributed by atoms with Crippen LogP contribution in [0.2, 0.25) is 0 Å². The lowest BCUT2D eigenvalue weighted by Gasteiger charge is -2.11. The molecule has 0 bridgehead atoms. The maximum atomic E-state index is 11.2. The van der Waals surface area contributed by atoms with E-state index in [2.05, 4.69) is 6.08 Å². The molecule has 2 heteroatoms. The van der Waals surface area contributed by atoms with Crippen molar-refractivity contribution in [3.8, 4) is 0 Å². The summed E-state index contributed by atoms with van der Waals surface area (Å²) in [6.07, 6.45) is 6.91. The van der Waals surface area contributed by atoms with Gasteiger partial charge in [0.25, 0.3) is 0 Å². The fourth-order valence-corrected chi connectivity index (χ4v) is 2.33. The molecule has 0 fully saturated rings. The molecule has 0 aliphatic carbocycles. The van der Waals surface area contributed by atoms with E-state index in [0.29, 0.717) is 0 Å². The number of allylic oxidation sites excluding steroid dienone is 2. The second-order valence-corrected chi connectivity index (χ2v) is 5.87. The summed E-state index contributed by atoms with van der Waals surface area (Å²) in [6, 6.07) is 0. The molecule has 1 unspecified atom stereocenters. The Labute approximate surface area is 50.2 Å². The maximum Gasteiger partial charge on any atom is 0.0887 e. The second kappa shape index (κ2) is 2.06. The van der Waals surface area contributed by atoms with Crippen molar-refractivity contribution < 1.29 is 4.57 Å². The van der Waals surface area contributed by atoms with Crippen LogP contribution in [-0.2, 0) is 4.57 Å². The molecule has 0 radical (unpaired) electrons. The molecule has 0 aromatic rings. The van der Waals surface area contributed by atoms with Gasteiger partial charge in [0.05, 0.1) is 7.14 Å². The lowest BCUT2D eigenvalue weighted by atomic mass is 10.4. The van der Waals surface area contributed by atoms with Gasteiger partial charge in [-0.05, 0) is 13.1 Å². The van der Waals surface area contributed by atoms with Gasteiger partial charge < -0.3 is 4.57 Å². The first kappa shape index (κ1) is 6.10. The lowest BCUT2D eigenvalue weighted by molar-refractivity contribution is 0.579. The molecule has 0 aromatic carbocycles. The van der Waals surface area contributed by atoms with Gasteiger partial charge in [0.2, 0.25) is 0 Å². The Kier molecular flexibility index (Phi) is 1.57. The fraction of sp³-hybridized carbons (Fsp3) is 0.667. The van der Waals surface area contributed by atoms with E-state index < -0.39 is 7.14 Å². The normalized spacial score (nSPS) is 37.6. The van der Waals surface area contributed by atoms with Gasteiger partial charge in [0.15, 0.2) is 0 Å². The molecule has 1 aliphatic heterocycles. The first-order valence-corrected chi connectivity index (χ1v) is 5.44. The SMILES string of the molecule is CP1(=O)CC=CCC1. The molecular weight excluding hydrogens is 119 g/mol. The highest BCUT2D eigenvalue weighted by molar-refractivity contribution is 7.63. The Bertz CT molecular complexity index is 149. The summed E-state index contributed by atoms with van der Waals surface area (Å²) < 4.78 is 11.2. The van der Waals surface area contributed by atoms with Crippen molar-refractivity contribution in [3.05, 3.63) is 12.2 Å². The van der Waals surface area contributed by atoms with Crippen molar-refractivity contribution in [1.29, 1.82) is 0 Å². The van der Waals surface area contributed by atoms with E-state index in [1.807, 2.05) is 12.7 Å². The Morgan fingerprint density at radius 2 is 2.25 bits per heavy atom. The molecule has 1 aliphatic rings. The van der Waals surface area contributed by atoms with E-state index in [1.165, 1.54) is 0 Å². The number of hydrogen-bond acceptors (Lipinski definition) is 1. The average molecular weight is 130 g/mol. The lowest BCUT2D eigenvalue weighted by Crippen LogP contribution is -1.94. The van der Waals surface area contributed by atoms with Crippen molar-refractivity contribution in [1.82, 2.24) is 0 Å². The minimum atomic E-state index is -1.67. The molecule has 0 aromatic heterocycles. The quantitative estimate of drug-likeness (QED) is 0.361. The molecule has 0 N–H and O–H groups in total. The zero-order valence-corrected chi connectivity index (χ0v) is 6.03. The van der Waals surface area contributed by atoms with E-state index >= 15 is 0 Å². The Hall–Kier alpha value is -0.0300. The van der Waals surface area contributed by atoms with E-state index in [4.69, 9.17) is 0 Å². The molecule has 1 atom stereocenters. The first-order chi connectivity index (χ1) is 3.71. The Morgan fingerprint density at radius 1 is 1.50 bits per heavy atom. The van der Waals surface area contributed by atoms with Crippen LogP contribution in [-0.4, -0.2) is 19.0 Å². The molecule has 46 valence electrons. The minimum Gasteiger partial charge on any atom is -0.324 e. The van der Waals surface area contributed by atoms with Crippen molar-refractivity contribution >= 4 is 7.14 Å². The van der Waals surface area contributed by atoms with Crippen molar-refractivity contribution in [2.75, 3.05) is 19.0 Å². The third-order valence-corrected chi connectivity index (χ3v) is 3.61. The average Bonchev–Trinajstić information content (AvgIpc) is 1.65. The van der Waals surface area contributed by atoms with Gasteiger partial charge in [-0.15, -0.1) is 0 Å². The third-order valence-electron chi connectivity index (χ3n) is 1.43. The van der Waals surface area contributed by atoms with Crippen LogP contribution >= 0.6 is 7.14 Å². The fourth-order valence-electron chi connectivity index (χ4n) is 0.854. The van der Waals surface area contributed by atoms with Crippen LogP contribution < -0.4 is 0 Å². The largest absolute Gasteiger partial charge is 0.324 e. The van der Waals surface area contributed by atoms with Gasteiger partial charge in [0.1, 0.15) is 0 Å². The van der Waals surface area contributed by atoms with E-state index in [9.17, 15) is 4.57 Å². The summed E-state index contributed by atoms with van der Waals surface area (Å²) >= 11 is 0. The molecule has 8 heavy (non-hydrogen) atoms. The summed E-state index contributed by atoms with van der Waals surface area (Å²) in [5.74, 6) is 0. The first-order valence-electron chi connectivity index (χ1n) is 2.91. The van der Waals surface area contributed by atoms with Gasteiger partial charge in [-0.25, -0.2) is 0 Å². The minimum absolute atomic E-state index is 0.826. The van der Waals surface area contributed by atoms with Crippen LogP contribution in [0.3, 0.4) is 0 Å². The van der Waals surface area contributed by atoms with Crippen molar-refractivity contribution in [2.24, 2.45) is 0 Å². The van der Waals surface area contributed by atoms with E-state index in [-0.39, 0.29) is 0 Å². The van der Waals surface area contributed by atoms with Gasteiger partial charge in [-0.3, -0.25) is 0 Å². The summed E-state index contributed by atoms with van der Waals surface area (Å²) in [5, 5.41) is 0. The second-order valence-electron chi connectivity index (χ2n) is 2.46. The van der Waals surface area contributed by atoms with E-state index in [1.54, 1.807) is 0 Å². The van der Waals surface area contributed by atoms with Crippen LogP contribution in [0.15, 0.2) is 12.2 Å². The monoisotopic (exact) mass is 130 g/mol. The molecular formula is C6H11OP. The van der Waals surface area contributed by atoms with Gasteiger partial charge in [0, 0.05) is 12.3 Å². The summed E-state index contributed by atoms with van der Waals surface area (Å²) in [7, 11) is -1.67. The van der Waals surface area contributed by atoms with E-state index in [0.717, 1.165) is 18.7 Å². The standard InChI is InChI=1S/C6H11OP/c1-8(7)5-3-2-4-6-8/h2-3H,4-6H2,1H3. The topological polar surface area (TPSA) is 17.1 Å². The Morgan fingerprint density at radius 3 is 2.50 bits per heavy atom. The molecule has 1 rings (SSSR count). The molecule has 1 nitrogen and oxygen atoms in total. The zero-order chi connectivity index (χ0) is 6.04. The highest BCUT2D eigenvalue weighted by Crippen LogP contribution is 2.43. The summed E-state index contributed by atoms with van der Waals surface area (Å²) in [6.45, 7) is 1.89. The summed E-state index contributed by atoms with van der Waals surface area (Å²) in [4.78, 5) is 0. The van der Waals surface area contributed by atoms with Crippen LogP contribution in [0.4, 0.5) is 0 Å². The van der Waals surface area contributed by atoms with Gasteiger partial charge in [-0.1, -0.05) is 12.2 Å². The predicted octanol–water partition coefficient (Wildman–Crippen LogP) is 1.94. The Balaban J connectivity index is 2.63. The van der Waals surface area contributed by atoms with Crippen LogP contribution in [0, 0.1) is 0 Å². The number of hydrogen-bond donors (Lipinski definition) is 0.